The number of pyridine rings is 1. The number of nitrogens with zero attached hydrogens (tertiary/aromatic N) is 1. The van der Waals surface area contributed by atoms with Crippen LogP contribution in [0.4, 0.5) is 0 Å². The molecule has 37 heavy (non-hydrogen) atoms. The summed E-state index contributed by atoms with van der Waals surface area (Å²) in [6.07, 6.45) is 3.12. The molecule has 3 heterocycles. The van der Waals surface area contributed by atoms with Crippen molar-refractivity contribution in [1.82, 2.24) is 0 Å². The van der Waals surface area contributed by atoms with Crippen LogP contribution in [0.2, 0.25) is 0 Å². The number of hydrogen-bond donors (Lipinski definition) is 0. The number of rotatable bonds is 4. The van der Waals surface area contributed by atoms with Gasteiger partial charge in [-0.3, -0.25) is 0 Å². The van der Waals surface area contributed by atoms with Crippen molar-refractivity contribution in [3.63, 3.8) is 0 Å². The Bertz CT molecular complexity index is 1660. The summed E-state index contributed by atoms with van der Waals surface area (Å²) in [6.45, 7) is 1.15. The molecular weight excluding hydrogens is 462 g/mol. The highest BCUT2D eigenvalue weighted by Gasteiger charge is 2.29. The fraction of sp³-hybridized carbons (Fsp3) is 0.156. The third-order valence-corrected chi connectivity index (χ3v) is 7.42. The predicted octanol–water partition coefficient (Wildman–Crippen LogP) is 6.43. The summed E-state index contributed by atoms with van der Waals surface area (Å²) in [5.74, 6) is 3.10. The summed E-state index contributed by atoms with van der Waals surface area (Å²) < 4.78 is 25.3. The fourth-order valence-electron chi connectivity index (χ4n) is 5.56. The number of aromatic nitrogens is 1. The maximum Gasteiger partial charge on any atom is 0.231 e. The molecule has 7 rings (SSSR count). The van der Waals surface area contributed by atoms with Gasteiger partial charge in [-0.25, -0.2) is 0 Å². The zero-order valence-corrected chi connectivity index (χ0v) is 20.8. The standard InChI is InChI=1S/C32H26NO4/c1-34-31-16-24(22-10-8-21(9-11-22)20-6-4-3-5-7-20)26-15-28-25-17-30-29(36-19-37-30)14-23(25)12-13-33(28)18-27(26)32(31)35-2/h3-11,14-18H,12-13,19H2,1-2H3/q+1. The molecule has 2 aliphatic rings. The smallest absolute Gasteiger partial charge is 0.231 e. The van der Waals surface area contributed by atoms with Crippen molar-refractivity contribution in [2.24, 2.45) is 0 Å². The monoisotopic (exact) mass is 488 g/mol. The maximum atomic E-state index is 5.86. The van der Waals surface area contributed by atoms with Crippen LogP contribution in [0.5, 0.6) is 23.0 Å². The first kappa shape index (κ1) is 21.7. The van der Waals surface area contributed by atoms with E-state index in [9.17, 15) is 0 Å². The van der Waals surface area contributed by atoms with Gasteiger partial charge >= 0.3 is 0 Å². The lowest BCUT2D eigenvalue weighted by atomic mass is 9.92. The van der Waals surface area contributed by atoms with E-state index < -0.39 is 0 Å². The largest absolute Gasteiger partial charge is 0.493 e. The number of aryl methyl sites for hydroxylation is 2. The Kier molecular flexibility index (Phi) is 5.03. The first-order chi connectivity index (χ1) is 18.2. The van der Waals surface area contributed by atoms with Gasteiger partial charge in [-0.1, -0.05) is 54.6 Å². The van der Waals surface area contributed by atoms with Crippen molar-refractivity contribution >= 4 is 10.8 Å². The van der Waals surface area contributed by atoms with Gasteiger partial charge in [0.05, 0.1) is 25.2 Å². The average molecular weight is 489 g/mol. The van der Waals surface area contributed by atoms with Gasteiger partial charge in [0.2, 0.25) is 12.5 Å². The molecule has 2 aliphatic heterocycles. The molecule has 0 radical (unpaired) electrons. The van der Waals surface area contributed by atoms with E-state index >= 15 is 0 Å². The summed E-state index contributed by atoms with van der Waals surface area (Å²) in [7, 11) is 3.39. The van der Waals surface area contributed by atoms with Crippen LogP contribution in [0.15, 0.2) is 85.1 Å². The van der Waals surface area contributed by atoms with Crippen LogP contribution in [-0.4, -0.2) is 21.0 Å². The van der Waals surface area contributed by atoms with E-state index in [0.29, 0.717) is 0 Å². The highest BCUT2D eigenvalue weighted by Crippen LogP contribution is 2.45. The van der Waals surface area contributed by atoms with Crippen molar-refractivity contribution in [2.45, 2.75) is 13.0 Å². The minimum atomic E-state index is 0.274. The molecule has 0 amide bonds. The van der Waals surface area contributed by atoms with Gasteiger partial charge in [-0.05, 0) is 46.0 Å². The molecule has 0 fully saturated rings. The Labute approximate surface area is 215 Å². The van der Waals surface area contributed by atoms with Gasteiger partial charge in [0.25, 0.3) is 0 Å². The molecular formula is C32H26NO4+. The van der Waals surface area contributed by atoms with E-state index in [0.717, 1.165) is 63.6 Å². The molecule has 0 spiro atoms. The quantitative estimate of drug-likeness (QED) is 0.273. The molecule has 4 aromatic carbocycles. The lowest BCUT2D eigenvalue weighted by molar-refractivity contribution is -0.686. The van der Waals surface area contributed by atoms with E-state index in [2.05, 4.69) is 83.6 Å². The number of methoxy groups -OCH3 is 2. The van der Waals surface area contributed by atoms with Gasteiger partial charge in [-0.2, -0.15) is 4.57 Å². The number of ether oxygens (including phenoxy) is 4. The van der Waals surface area contributed by atoms with Crippen molar-refractivity contribution in [1.29, 1.82) is 0 Å². The Morgan fingerprint density at radius 2 is 1.43 bits per heavy atom. The van der Waals surface area contributed by atoms with Crippen LogP contribution in [0.25, 0.3) is 44.3 Å². The van der Waals surface area contributed by atoms with Gasteiger partial charge in [0.15, 0.2) is 35.7 Å². The third-order valence-electron chi connectivity index (χ3n) is 7.42. The molecule has 0 atom stereocenters. The number of fused-ring (bicyclic) bond motifs is 5. The molecule has 5 aromatic rings. The maximum absolute atomic E-state index is 5.86. The average Bonchev–Trinajstić information content (AvgIpc) is 3.42. The summed E-state index contributed by atoms with van der Waals surface area (Å²) in [4.78, 5) is 0. The molecule has 0 bridgehead atoms. The van der Waals surface area contributed by atoms with Crippen LogP contribution in [0.1, 0.15) is 5.56 Å². The molecule has 1 aromatic heterocycles. The van der Waals surface area contributed by atoms with Gasteiger partial charge < -0.3 is 18.9 Å². The molecule has 0 N–H and O–H groups in total. The first-order valence-corrected chi connectivity index (χ1v) is 12.4. The van der Waals surface area contributed by atoms with Crippen molar-refractivity contribution in [2.75, 3.05) is 21.0 Å². The fourth-order valence-corrected chi connectivity index (χ4v) is 5.56. The summed E-state index contributed by atoms with van der Waals surface area (Å²) in [5.41, 5.74) is 8.22. The molecule has 0 unspecified atom stereocenters. The molecule has 5 nitrogen and oxygen atoms in total. The van der Waals surface area contributed by atoms with E-state index in [1.807, 2.05) is 6.07 Å². The lowest BCUT2D eigenvalue weighted by Crippen LogP contribution is -2.40. The first-order valence-electron chi connectivity index (χ1n) is 12.4. The highest BCUT2D eigenvalue weighted by atomic mass is 16.7. The third kappa shape index (κ3) is 3.50. The van der Waals surface area contributed by atoms with E-state index in [4.69, 9.17) is 18.9 Å². The minimum absolute atomic E-state index is 0.274. The van der Waals surface area contributed by atoms with Gasteiger partial charge in [-0.15, -0.1) is 0 Å². The van der Waals surface area contributed by atoms with Crippen molar-refractivity contribution < 1.29 is 23.5 Å². The second-order valence-corrected chi connectivity index (χ2v) is 9.40. The Morgan fingerprint density at radius 1 is 0.703 bits per heavy atom. The summed E-state index contributed by atoms with van der Waals surface area (Å²) in [6, 6.07) is 27.8. The van der Waals surface area contributed by atoms with Crippen LogP contribution in [0.3, 0.4) is 0 Å². The minimum Gasteiger partial charge on any atom is -0.493 e. The van der Waals surface area contributed by atoms with Crippen molar-refractivity contribution in [3.05, 3.63) is 90.6 Å². The van der Waals surface area contributed by atoms with Crippen LogP contribution in [0, 0.1) is 0 Å². The Hall–Kier alpha value is -4.51. The van der Waals surface area contributed by atoms with Crippen molar-refractivity contribution in [3.8, 4) is 56.5 Å². The van der Waals surface area contributed by atoms with Crippen LogP contribution in [-0.2, 0) is 13.0 Å². The topological polar surface area (TPSA) is 40.8 Å². The van der Waals surface area contributed by atoms with Crippen LogP contribution >= 0.6 is 0 Å². The molecule has 5 heteroatoms. The number of hydrogen-bond acceptors (Lipinski definition) is 4. The SMILES string of the molecule is COc1cc(-c2ccc(-c3ccccc3)cc2)c2cc3[n+](cc2c1OC)CCc1cc2c(cc1-3)OCO2. The predicted molar refractivity (Wildman–Crippen MR) is 143 cm³/mol. The zero-order chi connectivity index (χ0) is 24.9. The Balaban J connectivity index is 1.44. The Morgan fingerprint density at radius 3 is 2.19 bits per heavy atom. The van der Waals surface area contributed by atoms with E-state index in [1.165, 1.54) is 22.3 Å². The summed E-state index contributed by atoms with van der Waals surface area (Å²) in [5, 5.41) is 2.14. The van der Waals surface area contributed by atoms with E-state index in [1.54, 1.807) is 14.2 Å². The zero-order valence-electron chi connectivity index (χ0n) is 20.8. The van der Waals surface area contributed by atoms with Gasteiger partial charge in [0, 0.05) is 17.9 Å². The normalized spacial score (nSPS) is 13.2. The molecule has 182 valence electrons. The lowest BCUT2D eigenvalue weighted by Gasteiger charge is -2.19. The second-order valence-electron chi connectivity index (χ2n) is 9.40. The van der Waals surface area contributed by atoms with E-state index in [-0.39, 0.29) is 6.79 Å². The van der Waals surface area contributed by atoms with Crippen LogP contribution < -0.4 is 23.5 Å². The molecule has 0 saturated heterocycles. The number of benzene rings is 4. The second kappa shape index (κ2) is 8.56. The van der Waals surface area contributed by atoms with Gasteiger partial charge in [0.1, 0.15) is 0 Å². The molecule has 0 saturated carbocycles. The molecule has 0 aliphatic carbocycles. The highest BCUT2D eigenvalue weighted by molar-refractivity contribution is 6.02. The summed E-state index contributed by atoms with van der Waals surface area (Å²) >= 11 is 0.